The number of carbonyl (C=O) groups is 1. The first-order valence-electron chi connectivity index (χ1n) is 9.94. The molecule has 0 fully saturated rings. The molecule has 1 aromatic heterocycles. The Morgan fingerprint density at radius 1 is 1.34 bits per heavy atom. The second-order valence-electron chi connectivity index (χ2n) is 7.51. The van der Waals surface area contributed by atoms with Gasteiger partial charge in [-0.1, -0.05) is 6.92 Å². The number of aryl methyl sites for hydroxylation is 1. The summed E-state index contributed by atoms with van der Waals surface area (Å²) in [5, 5.41) is 5.26. The fourth-order valence-electron chi connectivity index (χ4n) is 3.83. The predicted octanol–water partition coefficient (Wildman–Crippen LogP) is 5.22. The molecule has 1 aliphatic rings. The van der Waals surface area contributed by atoms with Gasteiger partial charge in [-0.2, -0.15) is 5.10 Å². The molecule has 0 saturated carbocycles. The van der Waals surface area contributed by atoms with Crippen LogP contribution in [0.4, 0.5) is 0 Å². The minimum Gasteiger partial charge on any atom is -0.493 e. The summed E-state index contributed by atoms with van der Waals surface area (Å²) in [5.41, 5.74) is 7.88. The fourth-order valence-corrected chi connectivity index (χ4v) is 4.34. The third-order valence-electron chi connectivity index (χ3n) is 5.33. The summed E-state index contributed by atoms with van der Waals surface area (Å²) < 4.78 is 6.36. The SMILES string of the molecule is CCOc1ccc(/C=N\NC(=O)c2ccc3[nH]c4c(c3c2)CC(C)CC4)cc1Br. The molecule has 1 amide bonds. The number of ether oxygens (including phenoxy) is 1. The van der Waals surface area contributed by atoms with Crippen LogP contribution in [0, 0.1) is 5.92 Å². The number of aromatic amines is 1. The number of hydrazone groups is 1. The number of rotatable bonds is 5. The second-order valence-corrected chi connectivity index (χ2v) is 8.37. The first-order chi connectivity index (χ1) is 14.0. The van der Waals surface area contributed by atoms with Gasteiger partial charge >= 0.3 is 0 Å². The number of benzene rings is 2. The molecule has 6 heteroatoms. The third kappa shape index (κ3) is 4.22. The van der Waals surface area contributed by atoms with Crippen molar-refractivity contribution >= 4 is 39.0 Å². The Bertz CT molecular complexity index is 1090. The van der Waals surface area contributed by atoms with Gasteiger partial charge in [0.15, 0.2) is 0 Å². The Balaban J connectivity index is 1.48. The van der Waals surface area contributed by atoms with Crippen LogP contribution in [0.15, 0.2) is 46.0 Å². The van der Waals surface area contributed by atoms with Crippen LogP contribution in [0.25, 0.3) is 10.9 Å². The van der Waals surface area contributed by atoms with Crippen LogP contribution >= 0.6 is 15.9 Å². The van der Waals surface area contributed by atoms with E-state index < -0.39 is 0 Å². The van der Waals surface area contributed by atoms with Crippen molar-refractivity contribution < 1.29 is 9.53 Å². The summed E-state index contributed by atoms with van der Waals surface area (Å²) in [7, 11) is 0. The predicted molar refractivity (Wildman–Crippen MR) is 120 cm³/mol. The molecule has 150 valence electrons. The van der Waals surface area contributed by atoms with E-state index in [9.17, 15) is 4.79 Å². The number of nitrogens with zero attached hydrogens (tertiary/aromatic N) is 1. The number of hydrogen-bond donors (Lipinski definition) is 2. The van der Waals surface area contributed by atoms with Gasteiger partial charge < -0.3 is 9.72 Å². The van der Waals surface area contributed by atoms with Gasteiger partial charge in [0.25, 0.3) is 5.91 Å². The van der Waals surface area contributed by atoms with Crippen LogP contribution in [-0.2, 0) is 12.8 Å². The number of amides is 1. The highest BCUT2D eigenvalue weighted by Gasteiger charge is 2.20. The number of carbonyl (C=O) groups excluding carboxylic acids is 1. The highest BCUT2D eigenvalue weighted by molar-refractivity contribution is 9.10. The molecule has 3 aromatic rings. The minimum atomic E-state index is -0.216. The monoisotopic (exact) mass is 453 g/mol. The Labute approximate surface area is 178 Å². The molecule has 1 aliphatic carbocycles. The Morgan fingerprint density at radius 2 is 2.21 bits per heavy atom. The standard InChI is InChI=1S/C23H24BrN3O2/c1-3-29-22-9-5-15(11-19(22)24)13-25-27-23(28)16-6-8-21-18(12-16)17-10-14(2)4-7-20(17)26-21/h5-6,8-9,11-14,26H,3-4,7,10H2,1-2H3,(H,27,28)/b25-13-. The molecule has 1 unspecified atom stereocenters. The van der Waals surface area contributed by atoms with Gasteiger partial charge in [-0.15, -0.1) is 0 Å². The van der Waals surface area contributed by atoms with Gasteiger partial charge in [-0.05, 0) is 95.6 Å². The summed E-state index contributed by atoms with van der Waals surface area (Å²) in [5.74, 6) is 1.25. The number of nitrogens with one attached hydrogen (secondary N) is 2. The zero-order valence-corrected chi connectivity index (χ0v) is 18.2. The molecule has 0 bridgehead atoms. The maximum Gasteiger partial charge on any atom is 0.271 e. The van der Waals surface area contributed by atoms with E-state index in [-0.39, 0.29) is 5.91 Å². The molecule has 5 nitrogen and oxygen atoms in total. The number of halogens is 1. The highest BCUT2D eigenvalue weighted by atomic mass is 79.9. The van der Waals surface area contributed by atoms with Gasteiger partial charge in [-0.3, -0.25) is 4.79 Å². The largest absolute Gasteiger partial charge is 0.493 e. The van der Waals surface area contributed by atoms with Crippen molar-refractivity contribution in [1.29, 1.82) is 0 Å². The van der Waals surface area contributed by atoms with Crippen molar-refractivity contribution in [3.63, 3.8) is 0 Å². The number of H-pyrrole nitrogens is 1. The van der Waals surface area contributed by atoms with E-state index >= 15 is 0 Å². The van der Waals surface area contributed by atoms with Crippen molar-refractivity contribution in [3.8, 4) is 5.75 Å². The van der Waals surface area contributed by atoms with E-state index in [1.807, 2.05) is 43.3 Å². The van der Waals surface area contributed by atoms with Crippen molar-refractivity contribution in [3.05, 3.63) is 63.3 Å². The van der Waals surface area contributed by atoms with Crippen LogP contribution in [0.5, 0.6) is 5.75 Å². The van der Waals surface area contributed by atoms with E-state index in [2.05, 4.69) is 38.4 Å². The summed E-state index contributed by atoms with van der Waals surface area (Å²) in [4.78, 5) is 16.1. The van der Waals surface area contributed by atoms with Crippen molar-refractivity contribution in [2.75, 3.05) is 6.61 Å². The number of aromatic nitrogens is 1. The topological polar surface area (TPSA) is 66.5 Å². The van der Waals surface area contributed by atoms with E-state index in [0.29, 0.717) is 18.1 Å². The van der Waals surface area contributed by atoms with E-state index in [1.54, 1.807) is 6.21 Å². The third-order valence-corrected chi connectivity index (χ3v) is 5.95. The first-order valence-corrected chi connectivity index (χ1v) is 10.7. The quantitative estimate of drug-likeness (QED) is 0.410. The normalized spacial score (nSPS) is 16.2. The van der Waals surface area contributed by atoms with Gasteiger partial charge in [0, 0.05) is 22.2 Å². The van der Waals surface area contributed by atoms with Crippen molar-refractivity contribution in [2.45, 2.75) is 33.1 Å². The van der Waals surface area contributed by atoms with E-state index in [4.69, 9.17) is 4.74 Å². The molecule has 0 aliphatic heterocycles. The molecular formula is C23H24BrN3O2. The number of hydrogen-bond acceptors (Lipinski definition) is 3. The molecule has 2 aromatic carbocycles. The summed E-state index contributed by atoms with van der Waals surface area (Å²) >= 11 is 3.48. The lowest BCUT2D eigenvalue weighted by Crippen LogP contribution is -2.17. The molecular weight excluding hydrogens is 430 g/mol. The van der Waals surface area contributed by atoms with Gasteiger partial charge in [0.05, 0.1) is 17.3 Å². The molecule has 1 atom stereocenters. The van der Waals surface area contributed by atoms with Crippen LogP contribution in [0.3, 0.4) is 0 Å². The van der Waals surface area contributed by atoms with E-state index in [1.165, 1.54) is 17.7 Å². The zero-order chi connectivity index (χ0) is 20.4. The summed E-state index contributed by atoms with van der Waals surface area (Å²) in [6.07, 6.45) is 4.97. The highest BCUT2D eigenvalue weighted by Crippen LogP contribution is 2.32. The lowest BCUT2D eigenvalue weighted by molar-refractivity contribution is 0.0955. The Hall–Kier alpha value is -2.60. The van der Waals surface area contributed by atoms with E-state index in [0.717, 1.165) is 39.5 Å². The van der Waals surface area contributed by atoms with Gasteiger partial charge in [0.1, 0.15) is 5.75 Å². The molecule has 0 saturated heterocycles. The van der Waals surface area contributed by atoms with Crippen LogP contribution in [-0.4, -0.2) is 23.7 Å². The Kier molecular flexibility index (Phi) is 5.72. The molecule has 0 spiro atoms. The molecule has 2 N–H and O–H groups in total. The van der Waals surface area contributed by atoms with Crippen LogP contribution < -0.4 is 10.2 Å². The first kappa shape index (κ1) is 19.7. The van der Waals surface area contributed by atoms with Gasteiger partial charge in [-0.25, -0.2) is 5.43 Å². The van der Waals surface area contributed by atoms with Crippen molar-refractivity contribution in [2.24, 2.45) is 11.0 Å². The minimum absolute atomic E-state index is 0.216. The maximum atomic E-state index is 12.6. The van der Waals surface area contributed by atoms with Crippen LogP contribution in [0.2, 0.25) is 0 Å². The molecule has 29 heavy (non-hydrogen) atoms. The molecule has 0 radical (unpaired) electrons. The van der Waals surface area contributed by atoms with Gasteiger partial charge in [0.2, 0.25) is 0 Å². The lowest BCUT2D eigenvalue weighted by Gasteiger charge is -2.18. The lowest BCUT2D eigenvalue weighted by atomic mass is 9.87. The number of fused-ring (bicyclic) bond motifs is 3. The molecule has 4 rings (SSSR count). The Morgan fingerprint density at radius 3 is 3.00 bits per heavy atom. The second kappa shape index (κ2) is 8.41. The zero-order valence-electron chi connectivity index (χ0n) is 16.6. The average Bonchev–Trinajstić information content (AvgIpc) is 3.07. The summed E-state index contributed by atoms with van der Waals surface area (Å²) in [6.45, 7) is 4.83. The van der Waals surface area contributed by atoms with Crippen molar-refractivity contribution in [1.82, 2.24) is 10.4 Å². The fraction of sp³-hybridized carbons (Fsp3) is 0.304. The average molecular weight is 454 g/mol. The summed E-state index contributed by atoms with van der Waals surface area (Å²) in [6, 6.07) is 11.5. The smallest absolute Gasteiger partial charge is 0.271 e. The maximum absolute atomic E-state index is 12.6. The van der Waals surface area contributed by atoms with Crippen LogP contribution in [0.1, 0.15) is 47.4 Å². The molecule has 1 heterocycles.